The summed E-state index contributed by atoms with van der Waals surface area (Å²) in [5, 5.41) is 3.48. The highest BCUT2D eigenvalue weighted by Gasteiger charge is 2.14. The van der Waals surface area contributed by atoms with E-state index >= 15 is 0 Å². The highest BCUT2D eigenvalue weighted by atomic mass is 127. The van der Waals surface area contributed by atoms with Gasteiger partial charge in [-0.15, -0.1) is 0 Å². The number of ether oxygens (including phenoxy) is 1. The monoisotopic (exact) mass is 329 g/mol. The number of hydrogen-bond donors (Lipinski definition) is 1. The molecule has 16 heavy (non-hydrogen) atoms. The van der Waals surface area contributed by atoms with Crippen molar-refractivity contribution in [1.29, 1.82) is 0 Å². The van der Waals surface area contributed by atoms with Crippen molar-refractivity contribution in [3.63, 3.8) is 0 Å². The number of halogens is 1. The van der Waals surface area contributed by atoms with Crippen LogP contribution in [0, 0.1) is 3.57 Å². The van der Waals surface area contributed by atoms with E-state index in [2.05, 4.69) is 71.2 Å². The molecule has 0 radical (unpaired) electrons. The highest BCUT2D eigenvalue weighted by molar-refractivity contribution is 14.1. The smallest absolute Gasteiger partial charge is 0.0656 e. The van der Waals surface area contributed by atoms with Crippen molar-refractivity contribution in [2.75, 3.05) is 13.2 Å². The molecule has 1 heterocycles. The van der Waals surface area contributed by atoms with Gasteiger partial charge in [0.25, 0.3) is 0 Å². The van der Waals surface area contributed by atoms with Crippen molar-refractivity contribution in [2.24, 2.45) is 0 Å². The minimum Gasteiger partial charge on any atom is -0.378 e. The van der Waals surface area contributed by atoms with Crippen LogP contribution < -0.4 is 5.32 Å². The second kappa shape index (κ2) is 5.80. The van der Waals surface area contributed by atoms with Crippen molar-refractivity contribution in [2.45, 2.75) is 19.0 Å². The quantitative estimate of drug-likeness (QED) is 0.843. The van der Waals surface area contributed by atoms with E-state index in [4.69, 9.17) is 4.74 Å². The van der Waals surface area contributed by atoms with Gasteiger partial charge >= 0.3 is 0 Å². The molecule has 2 nitrogen and oxygen atoms in total. The van der Waals surface area contributed by atoms with E-state index < -0.39 is 0 Å². The zero-order valence-corrected chi connectivity index (χ0v) is 11.5. The molecule has 2 unspecified atom stereocenters. The van der Waals surface area contributed by atoms with E-state index in [0.717, 1.165) is 13.2 Å². The predicted octanol–water partition coefficient (Wildman–Crippen LogP) is 2.68. The Bertz CT molecular complexity index is 361. The van der Waals surface area contributed by atoms with Crippen LogP contribution >= 0.6 is 22.6 Å². The summed E-state index contributed by atoms with van der Waals surface area (Å²) in [6, 6.07) is 9.28. The fraction of sp³-hybridized carbons (Fsp3) is 0.385. The molecule has 2 rings (SSSR count). The zero-order valence-electron chi connectivity index (χ0n) is 9.32. The molecular weight excluding hydrogens is 313 g/mol. The van der Waals surface area contributed by atoms with Gasteiger partial charge < -0.3 is 10.1 Å². The molecule has 1 aliphatic rings. The molecule has 0 saturated carbocycles. The van der Waals surface area contributed by atoms with Gasteiger partial charge in [-0.25, -0.2) is 0 Å². The first-order chi connectivity index (χ1) is 7.74. The van der Waals surface area contributed by atoms with Gasteiger partial charge in [-0.05, 0) is 47.2 Å². The Morgan fingerprint density at radius 1 is 1.31 bits per heavy atom. The highest BCUT2D eigenvalue weighted by Crippen LogP contribution is 2.09. The van der Waals surface area contributed by atoms with Gasteiger partial charge in [0, 0.05) is 15.7 Å². The standard InChI is InChI=1S/C13H16INO/c1-10-8-16-9-13(15-10)7-4-11-2-5-12(14)6-3-11/h2-7,10,13,15H,8-9H2,1H3/b7-4+. The van der Waals surface area contributed by atoms with Crippen LogP contribution in [0.2, 0.25) is 0 Å². The van der Waals surface area contributed by atoms with Crippen LogP contribution in [0.3, 0.4) is 0 Å². The fourth-order valence-corrected chi connectivity index (χ4v) is 2.11. The molecule has 0 spiro atoms. The van der Waals surface area contributed by atoms with E-state index in [1.807, 2.05) is 0 Å². The minimum absolute atomic E-state index is 0.336. The molecule has 0 bridgehead atoms. The minimum atomic E-state index is 0.336. The number of hydrogen-bond acceptors (Lipinski definition) is 2. The maximum absolute atomic E-state index is 5.49. The molecule has 3 heteroatoms. The van der Waals surface area contributed by atoms with E-state index in [9.17, 15) is 0 Å². The lowest BCUT2D eigenvalue weighted by atomic mass is 10.1. The number of morpholine rings is 1. The SMILES string of the molecule is CC1COCC(/C=C/c2ccc(I)cc2)N1. The molecule has 0 aliphatic carbocycles. The summed E-state index contributed by atoms with van der Waals surface area (Å²) in [6.45, 7) is 3.73. The molecule has 1 saturated heterocycles. The maximum atomic E-state index is 5.49. The second-order valence-corrected chi connectivity index (χ2v) is 5.37. The van der Waals surface area contributed by atoms with Gasteiger partial charge in [0.1, 0.15) is 0 Å². The average molecular weight is 329 g/mol. The molecule has 1 fully saturated rings. The Balaban J connectivity index is 1.95. The van der Waals surface area contributed by atoms with Crippen LogP contribution in [-0.2, 0) is 4.74 Å². The lowest BCUT2D eigenvalue weighted by Gasteiger charge is -2.26. The first-order valence-corrected chi connectivity index (χ1v) is 6.59. The van der Waals surface area contributed by atoms with Crippen LogP contribution in [0.4, 0.5) is 0 Å². The van der Waals surface area contributed by atoms with Gasteiger partial charge in [0.15, 0.2) is 0 Å². The van der Waals surface area contributed by atoms with Crippen LogP contribution in [0.15, 0.2) is 30.3 Å². The maximum Gasteiger partial charge on any atom is 0.0656 e. The Kier molecular flexibility index (Phi) is 4.37. The fourth-order valence-electron chi connectivity index (χ4n) is 1.75. The summed E-state index contributed by atoms with van der Waals surface area (Å²) in [4.78, 5) is 0. The van der Waals surface area contributed by atoms with Crippen molar-refractivity contribution in [1.82, 2.24) is 5.32 Å². The molecule has 1 aromatic rings. The lowest BCUT2D eigenvalue weighted by Crippen LogP contribution is -2.46. The Morgan fingerprint density at radius 2 is 2.06 bits per heavy atom. The topological polar surface area (TPSA) is 21.3 Å². The Hall–Kier alpha value is -0.390. The van der Waals surface area contributed by atoms with Crippen molar-refractivity contribution < 1.29 is 4.74 Å². The molecule has 2 atom stereocenters. The summed E-state index contributed by atoms with van der Waals surface area (Å²) in [6.07, 6.45) is 4.33. The number of rotatable bonds is 2. The summed E-state index contributed by atoms with van der Waals surface area (Å²) >= 11 is 2.31. The van der Waals surface area contributed by atoms with E-state index in [1.54, 1.807) is 0 Å². The second-order valence-electron chi connectivity index (χ2n) is 4.12. The normalized spacial score (nSPS) is 26.1. The molecule has 86 valence electrons. The largest absolute Gasteiger partial charge is 0.378 e. The summed E-state index contributed by atoms with van der Waals surface area (Å²) in [5.41, 5.74) is 1.24. The van der Waals surface area contributed by atoms with Gasteiger partial charge in [0.2, 0.25) is 0 Å². The Labute approximate surface area is 110 Å². The molecule has 1 N–H and O–H groups in total. The van der Waals surface area contributed by atoms with E-state index in [1.165, 1.54) is 9.13 Å². The van der Waals surface area contributed by atoms with Gasteiger partial charge in [-0.2, -0.15) is 0 Å². The molecular formula is C13H16INO. The predicted molar refractivity (Wildman–Crippen MR) is 75.4 cm³/mol. The number of benzene rings is 1. The molecule has 0 aromatic heterocycles. The third-order valence-electron chi connectivity index (χ3n) is 2.55. The zero-order chi connectivity index (χ0) is 11.4. The third kappa shape index (κ3) is 3.57. The average Bonchev–Trinajstić information content (AvgIpc) is 2.28. The van der Waals surface area contributed by atoms with Crippen LogP contribution in [0.5, 0.6) is 0 Å². The Morgan fingerprint density at radius 3 is 2.75 bits per heavy atom. The van der Waals surface area contributed by atoms with Crippen molar-refractivity contribution in [3.05, 3.63) is 39.5 Å². The summed E-state index contributed by atoms with van der Waals surface area (Å²) in [7, 11) is 0. The van der Waals surface area contributed by atoms with E-state index in [-0.39, 0.29) is 0 Å². The third-order valence-corrected chi connectivity index (χ3v) is 3.27. The first kappa shape index (κ1) is 12.1. The van der Waals surface area contributed by atoms with Gasteiger partial charge in [0.05, 0.1) is 13.2 Å². The van der Waals surface area contributed by atoms with Crippen molar-refractivity contribution in [3.8, 4) is 0 Å². The lowest BCUT2D eigenvalue weighted by molar-refractivity contribution is 0.0637. The van der Waals surface area contributed by atoms with Gasteiger partial charge in [-0.1, -0.05) is 24.3 Å². The summed E-state index contributed by atoms with van der Waals surface area (Å²) < 4.78 is 6.75. The van der Waals surface area contributed by atoms with Crippen LogP contribution in [-0.4, -0.2) is 25.3 Å². The molecule has 1 aromatic carbocycles. The first-order valence-electron chi connectivity index (χ1n) is 5.51. The van der Waals surface area contributed by atoms with Crippen LogP contribution in [0.25, 0.3) is 6.08 Å². The summed E-state index contributed by atoms with van der Waals surface area (Å²) in [5.74, 6) is 0. The van der Waals surface area contributed by atoms with E-state index in [0.29, 0.717) is 12.1 Å². The van der Waals surface area contributed by atoms with Gasteiger partial charge in [-0.3, -0.25) is 0 Å². The molecule has 1 aliphatic heterocycles. The van der Waals surface area contributed by atoms with Crippen LogP contribution in [0.1, 0.15) is 12.5 Å². The number of nitrogens with one attached hydrogen (secondary N) is 1. The molecule has 0 amide bonds. The van der Waals surface area contributed by atoms with Crippen molar-refractivity contribution >= 4 is 28.7 Å².